The molecule has 5 rings (SSSR count). The summed E-state index contributed by atoms with van der Waals surface area (Å²) in [5.41, 5.74) is 1.60. The van der Waals surface area contributed by atoms with Crippen molar-refractivity contribution < 1.29 is 27.8 Å². The maximum Gasteiger partial charge on any atom is 0.324 e. The number of halogens is 2. The molecule has 11 nitrogen and oxygen atoms in total. The van der Waals surface area contributed by atoms with Gasteiger partial charge in [-0.25, -0.2) is 19.4 Å². The summed E-state index contributed by atoms with van der Waals surface area (Å²) in [6, 6.07) is 13.8. The lowest BCUT2D eigenvalue weighted by molar-refractivity contribution is 0.0124. The third-order valence-corrected chi connectivity index (χ3v) is 5.95. The summed E-state index contributed by atoms with van der Waals surface area (Å²) in [4.78, 5) is 25.6. The molecule has 3 aromatic heterocycles. The molecule has 2 aromatic carbocycles. The molecule has 3 heterocycles. The Labute approximate surface area is 233 Å². The van der Waals surface area contributed by atoms with Crippen LogP contribution in [0.4, 0.5) is 25.1 Å². The fourth-order valence-electron chi connectivity index (χ4n) is 3.94. The first-order chi connectivity index (χ1) is 19.6. The second-order valence-electron chi connectivity index (χ2n) is 8.98. The molecule has 2 N–H and O–H groups in total. The summed E-state index contributed by atoms with van der Waals surface area (Å²) in [6.45, 7) is 2.53. The van der Waals surface area contributed by atoms with Gasteiger partial charge in [0.05, 0.1) is 37.0 Å². The summed E-state index contributed by atoms with van der Waals surface area (Å²) in [6.07, 6.45) is 2.84. The maximum atomic E-state index is 14.1. The second kappa shape index (κ2) is 11.0. The van der Waals surface area contributed by atoms with Crippen LogP contribution < -0.4 is 24.8 Å². The number of fused-ring (bicyclic) bond motifs is 1. The van der Waals surface area contributed by atoms with E-state index in [1.807, 2.05) is 0 Å². The maximum absolute atomic E-state index is 14.1. The van der Waals surface area contributed by atoms with E-state index in [1.165, 1.54) is 31.4 Å². The quantitative estimate of drug-likeness (QED) is 0.233. The third-order valence-electron chi connectivity index (χ3n) is 5.95. The van der Waals surface area contributed by atoms with E-state index in [4.69, 9.17) is 14.2 Å². The number of carbonyl (C=O) groups is 1. The number of carbonyl (C=O) groups excluding carboxylic acids is 1. The molecular formula is C28H25F2N7O4. The van der Waals surface area contributed by atoms with E-state index in [9.17, 15) is 13.6 Å². The lowest BCUT2D eigenvalue weighted by Gasteiger charge is -2.13. The Balaban J connectivity index is 1.36. The first-order valence-electron chi connectivity index (χ1n) is 12.3. The number of urea groups is 1. The summed E-state index contributed by atoms with van der Waals surface area (Å²) in [5, 5.41) is 9.84. The topological polar surface area (TPSA) is 125 Å². The van der Waals surface area contributed by atoms with Crippen molar-refractivity contribution in [2.75, 3.05) is 24.9 Å². The van der Waals surface area contributed by atoms with Gasteiger partial charge >= 0.3 is 6.03 Å². The van der Waals surface area contributed by atoms with Gasteiger partial charge in [0.25, 0.3) is 5.92 Å². The van der Waals surface area contributed by atoms with Crippen LogP contribution in [0.3, 0.4) is 0 Å². The summed E-state index contributed by atoms with van der Waals surface area (Å²) in [5.74, 6) is -1.55. The monoisotopic (exact) mass is 561 g/mol. The van der Waals surface area contributed by atoms with Gasteiger partial charge in [0, 0.05) is 36.5 Å². The highest BCUT2D eigenvalue weighted by molar-refractivity contribution is 5.99. The zero-order valence-corrected chi connectivity index (χ0v) is 22.5. The van der Waals surface area contributed by atoms with E-state index in [0.29, 0.717) is 39.5 Å². The van der Waals surface area contributed by atoms with Crippen molar-refractivity contribution in [3.8, 4) is 28.8 Å². The number of benzene rings is 2. The molecule has 0 saturated carbocycles. The number of aryl methyl sites for hydroxylation is 1. The van der Waals surface area contributed by atoms with Crippen LogP contribution in [0.5, 0.6) is 23.1 Å². The molecule has 0 fully saturated rings. The standard InChI is InChI=1S/C28H25F2N7O4/c1-16-8-9-18(14-31-16)37-25(13-24(36-37)28(2,29)30)35-27(38)34-17-6-5-7-19(10-17)41-26-20-11-22(39-3)23(40-4)12-21(20)32-15-33-26/h5-15H,1-4H3,(H2,34,35,38). The number of anilines is 2. The number of rotatable bonds is 8. The number of methoxy groups -OCH3 is 2. The van der Waals surface area contributed by atoms with Crippen LogP contribution in [-0.2, 0) is 5.92 Å². The highest BCUT2D eigenvalue weighted by atomic mass is 19.3. The van der Waals surface area contributed by atoms with Gasteiger partial charge in [-0.05, 0) is 37.3 Å². The number of nitrogens with one attached hydrogen (secondary N) is 2. The molecule has 2 amide bonds. The largest absolute Gasteiger partial charge is 0.493 e. The fraction of sp³-hybridized carbons (Fsp3) is 0.179. The normalized spacial score (nSPS) is 11.3. The van der Waals surface area contributed by atoms with Crippen molar-refractivity contribution in [2.45, 2.75) is 19.8 Å². The lowest BCUT2D eigenvalue weighted by atomic mass is 10.2. The zero-order valence-electron chi connectivity index (χ0n) is 22.5. The SMILES string of the molecule is COc1cc2ncnc(Oc3cccc(NC(=O)Nc4cc(C(C)(F)F)nn4-c4ccc(C)nc4)c3)c2cc1OC. The third kappa shape index (κ3) is 5.98. The van der Waals surface area contributed by atoms with Gasteiger partial charge in [0.2, 0.25) is 5.88 Å². The van der Waals surface area contributed by atoms with Gasteiger partial charge in [-0.2, -0.15) is 13.9 Å². The predicted molar refractivity (Wildman–Crippen MR) is 147 cm³/mol. The Morgan fingerprint density at radius 2 is 1.73 bits per heavy atom. The Hall–Kier alpha value is -5.33. The van der Waals surface area contributed by atoms with Crippen molar-refractivity contribution in [3.63, 3.8) is 0 Å². The van der Waals surface area contributed by atoms with Crippen LogP contribution in [0, 0.1) is 6.92 Å². The number of hydrogen-bond donors (Lipinski definition) is 2. The van der Waals surface area contributed by atoms with Crippen molar-refractivity contribution in [2.24, 2.45) is 0 Å². The van der Waals surface area contributed by atoms with Crippen molar-refractivity contribution in [1.82, 2.24) is 24.7 Å². The minimum atomic E-state index is -3.22. The number of amides is 2. The molecule has 0 unspecified atom stereocenters. The van der Waals surface area contributed by atoms with E-state index >= 15 is 0 Å². The molecule has 0 aliphatic rings. The minimum absolute atomic E-state index is 0.0360. The molecule has 0 spiro atoms. The highest BCUT2D eigenvalue weighted by Crippen LogP contribution is 2.36. The van der Waals surface area contributed by atoms with E-state index in [2.05, 4.69) is 30.7 Å². The Morgan fingerprint density at radius 1 is 0.951 bits per heavy atom. The summed E-state index contributed by atoms with van der Waals surface area (Å²) >= 11 is 0. The molecule has 41 heavy (non-hydrogen) atoms. The van der Waals surface area contributed by atoms with Crippen molar-refractivity contribution >= 4 is 28.4 Å². The van der Waals surface area contributed by atoms with Crippen LogP contribution in [0.15, 0.2) is 67.1 Å². The molecule has 13 heteroatoms. The smallest absolute Gasteiger partial charge is 0.324 e. The van der Waals surface area contributed by atoms with Crippen molar-refractivity contribution in [1.29, 1.82) is 0 Å². The van der Waals surface area contributed by atoms with Crippen LogP contribution in [0.25, 0.3) is 16.6 Å². The molecule has 0 radical (unpaired) electrons. The fourth-order valence-corrected chi connectivity index (χ4v) is 3.94. The van der Waals surface area contributed by atoms with Gasteiger partial charge < -0.3 is 19.5 Å². The highest BCUT2D eigenvalue weighted by Gasteiger charge is 2.30. The number of hydrogen-bond acceptors (Lipinski definition) is 8. The Kier molecular flexibility index (Phi) is 7.34. The zero-order chi connectivity index (χ0) is 29.1. The van der Waals surface area contributed by atoms with Crippen LogP contribution in [-0.4, -0.2) is 45.0 Å². The molecule has 0 bridgehead atoms. The average molecular weight is 562 g/mol. The first kappa shape index (κ1) is 27.2. The van der Waals surface area contributed by atoms with Crippen molar-refractivity contribution in [3.05, 3.63) is 78.5 Å². The molecule has 210 valence electrons. The van der Waals surface area contributed by atoms with E-state index in [1.54, 1.807) is 55.5 Å². The number of ether oxygens (including phenoxy) is 3. The Morgan fingerprint density at radius 3 is 2.44 bits per heavy atom. The lowest BCUT2D eigenvalue weighted by Crippen LogP contribution is -2.21. The minimum Gasteiger partial charge on any atom is -0.493 e. The number of nitrogens with zero attached hydrogens (tertiary/aromatic N) is 5. The van der Waals surface area contributed by atoms with Gasteiger partial charge in [-0.3, -0.25) is 10.3 Å². The van der Waals surface area contributed by atoms with Gasteiger partial charge in [-0.1, -0.05) is 6.07 Å². The molecule has 5 aromatic rings. The molecule has 0 aliphatic carbocycles. The number of aromatic nitrogens is 5. The second-order valence-corrected chi connectivity index (χ2v) is 8.98. The molecule has 0 aliphatic heterocycles. The van der Waals surface area contributed by atoms with Gasteiger partial charge in [0.1, 0.15) is 23.6 Å². The van der Waals surface area contributed by atoms with Gasteiger partial charge in [0.15, 0.2) is 11.5 Å². The van der Waals surface area contributed by atoms with E-state index in [-0.39, 0.29) is 11.7 Å². The van der Waals surface area contributed by atoms with E-state index in [0.717, 1.165) is 18.7 Å². The summed E-state index contributed by atoms with van der Waals surface area (Å²) in [7, 11) is 3.05. The number of alkyl halides is 2. The first-order valence-corrected chi connectivity index (χ1v) is 12.3. The molecule has 0 atom stereocenters. The Bertz CT molecular complexity index is 1720. The predicted octanol–water partition coefficient (Wildman–Crippen LogP) is 6.08. The van der Waals surface area contributed by atoms with Gasteiger partial charge in [-0.15, -0.1) is 0 Å². The van der Waals surface area contributed by atoms with E-state index < -0.39 is 17.6 Å². The summed E-state index contributed by atoms with van der Waals surface area (Å²) < 4.78 is 46.0. The number of pyridine rings is 1. The average Bonchev–Trinajstić information content (AvgIpc) is 3.37. The van der Waals surface area contributed by atoms with Crippen LogP contribution in [0.2, 0.25) is 0 Å². The molecular weight excluding hydrogens is 536 g/mol. The van der Waals surface area contributed by atoms with Crippen LogP contribution in [0.1, 0.15) is 18.3 Å². The van der Waals surface area contributed by atoms with Crippen LogP contribution >= 0.6 is 0 Å². The molecule has 0 saturated heterocycles.